The van der Waals surface area contributed by atoms with Crippen LogP contribution in [-0.4, -0.2) is 57.6 Å². The van der Waals surface area contributed by atoms with Gasteiger partial charge in [0, 0.05) is 42.9 Å². The van der Waals surface area contributed by atoms with E-state index in [9.17, 15) is 9.90 Å². The van der Waals surface area contributed by atoms with Crippen LogP contribution in [0.3, 0.4) is 0 Å². The van der Waals surface area contributed by atoms with E-state index in [0.29, 0.717) is 37.1 Å². The zero-order chi connectivity index (χ0) is 26.4. The number of rotatable bonds is 12. The Hall–Kier alpha value is -2.65. The Morgan fingerprint density at radius 1 is 1.30 bits per heavy atom. The minimum absolute atomic E-state index is 0.0346. The molecule has 0 radical (unpaired) electrons. The molecule has 0 amide bonds. The molecule has 2 N–H and O–H groups in total. The fraction of sp³-hybridized carbons (Fsp3) is 0.607. The van der Waals surface area contributed by atoms with Gasteiger partial charge in [0.05, 0.1) is 18.4 Å². The Bertz CT molecular complexity index is 1070. The molecule has 0 saturated carbocycles. The van der Waals surface area contributed by atoms with Gasteiger partial charge in [-0.05, 0) is 76.6 Å². The molecule has 7 nitrogen and oxygen atoms in total. The van der Waals surface area contributed by atoms with E-state index < -0.39 is 23.9 Å². The first-order valence-electron chi connectivity index (χ1n) is 13.4. The van der Waals surface area contributed by atoms with Crippen molar-refractivity contribution in [2.24, 2.45) is 5.92 Å². The minimum atomic E-state index is -2.85. The number of aryl methyl sites for hydroxylation is 2. The molecule has 2 atom stereocenters. The number of halogens is 2. The molecule has 1 saturated heterocycles. The van der Waals surface area contributed by atoms with Gasteiger partial charge < -0.3 is 15.2 Å². The van der Waals surface area contributed by atoms with E-state index in [1.165, 1.54) is 5.56 Å². The fourth-order valence-corrected chi connectivity index (χ4v) is 5.30. The molecule has 2 aromatic heterocycles. The number of ether oxygens (including phenoxy) is 1. The Morgan fingerprint density at radius 2 is 2.14 bits per heavy atom. The number of nitrogens with one attached hydrogen (secondary N) is 1. The topological polar surface area (TPSA) is 87.6 Å². The predicted octanol–water partition coefficient (Wildman–Crippen LogP) is 5.26. The van der Waals surface area contributed by atoms with Crippen molar-refractivity contribution in [1.82, 2.24) is 14.9 Å². The Balaban J connectivity index is 1.32. The van der Waals surface area contributed by atoms with Gasteiger partial charge in [-0.25, -0.2) is 13.8 Å². The monoisotopic (exact) mass is 516 g/mol. The number of aliphatic carboxylic acids is 1. The van der Waals surface area contributed by atoms with Gasteiger partial charge in [-0.1, -0.05) is 12.1 Å². The number of likely N-dealkylation sites (tertiary alicyclic amines) is 1. The quantitative estimate of drug-likeness (QED) is 0.372. The van der Waals surface area contributed by atoms with Crippen LogP contribution in [0.4, 0.5) is 14.6 Å². The van der Waals surface area contributed by atoms with E-state index in [1.807, 2.05) is 19.9 Å². The number of anilines is 1. The van der Waals surface area contributed by atoms with Crippen molar-refractivity contribution >= 4 is 11.8 Å². The molecule has 0 aliphatic carbocycles. The molecule has 0 spiro atoms. The third-order valence-corrected chi connectivity index (χ3v) is 7.33. The maximum Gasteiger partial charge on any atom is 0.325 e. The summed E-state index contributed by atoms with van der Waals surface area (Å²) in [6.07, 6.45) is 5.47. The number of unbranched alkanes of at least 4 members (excludes halogenated alkanes) is 1. The number of hydrogen-bond acceptors (Lipinski definition) is 6. The van der Waals surface area contributed by atoms with Gasteiger partial charge in [-0.3, -0.25) is 14.7 Å². The molecule has 2 unspecified atom stereocenters. The third kappa shape index (κ3) is 7.02. The highest BCUT2D eigenvalue weighted by atomic mass is 19.3. The number of carbonyl (C=O) groups is 1. The average Bonchev–Trinajstić information content (AvgIpc) is 3.36. The molecule has 202 valence electrons. The lowest BCUT2D eigenvalue weighted by molar-refractivity contribution is -0.143. The van der Waals surface area contributed by atoms with Crippen molar-refractivity contribution in [2.75, 3.05) is 25.0 Å². The maximum atomic E-state index is 15.2. The molecule has 9 heteroatoms. The molecule has 4 rings (SSSR count). The maximum absolute atomic E-state index is 15.2. The largest absolute Gasteiger partial charge is 0.480 e. The lowest BCUT2D eigenvalue weighted by Gasteiger charge is -2.28. The second kappa shape index (κ2) is 12.3. The molecule has 0 aromatic carbocycles. The van der Waals surface area contributed by atoms with E-state index >= 15 is 8.78 Å². The molecule has 1 fully saturated rings. The van der Waals surface area contributed by atoms with Gasteiger partial charge >= 0.3 is 5.97 Å². The first-order chi connectivity index (χ1) is 17.7. The van der Waals surface area contributed by atoms with Crippen LogP contribution in [-0.2, 0) is 29.0 Å². The zero-order valence-corrected chi connectivity index (χ0v) is 21.8. The molecule has 2 aliphatic rings. The Morgan fingerprint density at radius 3 is 2.92 bits per heavy atom. The van der Waals surface area contributed by atoms with Crippen LogP contribution in [0.25, 0.3) is 0 Å². The number of fused-ring (bicyclic) bond motifs is 1. The van der Waals surface area contributed by atoms with Gasteiger partial charge in [0.15, 0.2) is 0 Å². The van der Waals surface area contributed by atoms with Gasteiger partial charge in [0.25, 0.3) is 5.92 Å². The number of carboxylic acid groups (broad SMARTS) is 1. The lowest BCUT2D eigenvalue weighted by atomic mass is 9.95. The number of hydrogen-bond donors (Lipinski definition) is 2. The van der Waals surface area contributed by atoms with Crippen LogP contribution in [0.2, 0.25) is 0 Å². The van der Waals surface area contributed by atoms with Gasteiger partial charge in [0.2, 0.25) is 0 Å². The van der Waals surface area contributed by atoms with E-state index in [-0.39, 0.29) is 32.1 Å². The second-order valence-corrected chi connectivity index (χ2v) is 10.4. The number of aromatic nitrogens is 2. The molecular formula is C28H38F2N4O3. The summed E-state index contributed by atoms with van der Waals surface area (Å²) in [4.78, 5) is 22.9. The number of pyridine rings is 2. The predicted molar refractivity (Wildman–Crippen MR) is 138 cm³/mol. The van der Waals surface area contributed by atoms with Crippen LogP contribution in [0.1, 0.15) is 74.5 Å². The van der Waals surface area contributed by atoms with Crippen LogP contribution in [0, 0.1) is 5.92 Å². The normalized spacial score (nSPS) is 19.0. The van der Waals surface area contributed by atoms with Crippen LogP contribution >= 0.6 is 0 Å². The van der Waals surface area contributed by atoms with Gasteiger partial charge in [-0.15, -0.1) is 0 Å². The highest BCUT2D eigenvalue weighted by Gasteiger charge is 2.45. The molecule has 37 heavy (non-hydrogen) atoms. The number of nitrogens with zero attached hydrogens (tertiary/aromatic N) is 3. The Kier molecular flexibility index (Phi) is 9.08. The summed E-state index contributed by atoms with van der Waals surface area (Å²) in [5.41, 5.74) is 3.19. The zero-order valence-electron chi connectivity index (χ0n) is 21.8. The highest BCUT2D eigenvalue weighted by molar-refractivity contribution is 5.76. The first-order valence-corrected chi connectivity index (χ1v) is 13.4. The van der Waals surface area contributed by atoms with Gasteiger partial charge in [0.1, 0.15) is 11.9 Å². The summed E-state index contributed by atoms with van der Waals surface area (Å²) in [5.74, 6) is -3.84. The molecule has 4 heterocycles. The van der Waals surface area contributed by atoms with Crippen molar-refractivity contribution in [3.05, 3.63) is 53.0 Å². The van der Waals surface area contributed by atoms with Crippen molar-refractivity contribution < 1.29 is 23.4 Å². The summed E-state index contributed by atoms with van der Waals surface area (Å²) in [6, 6.07) is 6.46. The van der Waals surface area contributed by atoms with Crippen LogP contribution in [0.15, 0.2) is 30.5 Å². The summed E-state index contributed by atoms with van der Waals surface area (Å²) < 4.78 is 36.0. The second-order valence-electron chi connectivity index (χ2n) is 10.4. The molecular weight excluding hydrogens is 478 g/mol. The van der Waals surface area contributed by atoms with E-state index in [2.05, 4.69) is 21.4 Å². The lowest BCUT2D eigenvalue weighted by Crippen LogP contribution is -2.36. The third-order valence-electron chi connectivity index (χ3n) is 7.33. The van der Waals surface area contributed by atoms with Crippen molar-refractivity contribution in [3.8, 4) is 0 Å². The summed E-state index contributed by atoms with van der Waals surface area (Å²) in [6.45, 7) is 5.24. The molecule has 0 bridgehead atoms. The van der Waals surface area contributed by atoms with Gasteiger partial charge in [-0.2, -0.15) is 0 Å². The summed E-state index contributed by atoms with van der Waals surface area (Å²) in [5, 5.41) is 13.3. The number of carboxylic acids is 1. The van der Waals surface area contributed by atoms with E-state index in [4.69, 9.17) is 4.74 Å². The van der Waals surface area contributed by atoms with E-state index in [1.54, 1.807) is 23.2 Å². The highest BCUT2D eigenvalue weighted by Crippen LogP contribution is 2.39. The minimum Gasteiger partial charge on any atom is -0.480 e. The van der Waals surface area contributed by atoms with E-state index in [0.717, 1.165) is 30.9 Å². The Labute approximate surface area is 217 Å². The smallest absolute Gasteiger partial charge is 0.325 e. The van der Waals surface area contributed by atoms with Crippen molar-refractivity contribution in [3.63, 3.8) is 0 Å². The molecule has 2 aliphatic heterocycles. The van der Waals surface area contributed by atoms with Crippen molar-refractivity contribution in [1.29, 1.82) is 0 Å². The molecule has 2 aromatic rings. The van der Waals surface area contributed by atoms with Crippen LogP contribution < -0.4 is 5.32 Å². The average molecular weight is 517 g/mol. The first kappa shape index (κ1) is 27.4. The standard InChI is InChI=1S/C28H38F2N4O3/c1-19(2)37-18-24-23(9-6-14-31-24)25(27(35)36)34-16-12-21(17-34)28(29,30)13-4-3-8-22-11-10-20-7-5-15-32-26(20)33-22/h6,9-11,14,19,21,25H,3-5,7-8,12-13,15-18H2,1-2H3,(H,32,33)(H,35,36). The fourth-order valence-electron chi connectivity index (χ4n) is 5.30. The van der Waals surface area contributed by atoms with Crippen LogP contribution in [0.5, 0.6) is 0 Å². The van der Waals surface area contributed by atoms with Crippen molar-refractivity contribution in [2.45, 2.75) is 83.5 Å². The number of alkyl halides is 2. The SMILES string of the molecule is CC(C)OCc1ncccc1C(C(=O)O)N1CCC(C(F)(F)CCCCc2ccc3c(n2)NCCC3)C1. The summed E-state index contributed by atoms with van der Waals surface area (Å²) >= 11 is 0. The summed E-state index contributed by atoms with van der Waals surface area (Å²) in [7, 11) is 0.